The van der Waals surface area contributed by atoms with E-state index >= 15 is 0 Å². The van der Waals surface area contributed by atoms with E-state index in [1.165, 1.54) is 16.8 Å². The molecule has 6 N–H and O–H groups in total. The summed E-state index contributed by atoms with van der Waals surface area (Å²) in [5, 5.41) is 27.3. The molecule has 0 bridgehead atoms. The first-order valence-electron chi connectivity index (χ1n) is 5.68. The maximum Gasteiger partial charge on any atom is 0.396 e. The molecule has 0 aliphatic carbocycles. The Bertz CT molecular complexity index is 572. The highest BCUT2D eigenvalue weighted by Gasteiger charge is 2.36. The minimum absolute atomic E-state index is 0. The average molecular weight is 282 g/mol. The fourth-order valence-corrected chi connectivity index (χ4v) is 1.99. The average Bonchev–Trinajstić information content (AvgIpc) is 2.75. The predicted octanol–water partition coefficient (Wildman–Crippen LogP) is -3.52. The van der Waals surface area contributed by atoms with Gasteiger partial charge in [-0.15, -0.1) is 0 Å². The molecule has 1 fully saturated rings. The van der Waals surface area contributed by atoms with Crippen LogP contribution in [0.2, 0.25) is 0 Å². The SMILES string of the molecule is N#C[B-][n+]1c(N)ccn([C@H]2C[C@H](O)[C@@H](CO)O2)c1=O.O. The Balaban J connectivity index is 0.00000200. The molecule has 2 radical (unpaired) electrons. The van der Waals surface area contributed by atoms with Crippen LogP contribution in [0.1, 0.15) is 12.6 Å². The zero-order valence-corrected chi connectivity index (χ0v) is 10.5. The van der Waals surface area contributed by atoms with Gasteiger partial charge in [-0.1, -0.05) is 0 Å². The van der Waals surface area contributed by atoms with Crippen LogP contribution in [0.25, 0.3) is 0 Å². The smallest absolute Gasteiger partial charge is 0.396 e. The van der Waals surface area contributed by atoms with Gasteiger partial charge in [-0.25, -0.2) is 9.36 Å². The van der Waals surface area contributed by atoms with Gasteiger partial charge in [0.05, 0.1) is 18.9 Å². The first kappa shape index (κ1) is 16.1. The van der Waals surface area contributed by atoms with E-state index in [1.54, 1.807) is 5.97 Å². The summed E-state index contributed by atoms with van der Waals surface area (Å²) >= 11 is 0. The van der Waals surface area contributed by atoms with Gasteiger partial charge >= 0.3 is 5.69 Å². The van der Waals surface area contributed by atoms with E-state index in [1.807, 2.05) is 0 Å². The summed E-state index contributed by atoms with van der Waals surface area (Å²) in [5.41, 5.74) is 5.05. The first-order chi connectivity index (χ1) is 9.08. The number of nitrogen functional groups attached to an aromatic ring is 1. The van der Waals surface area contributed by atoms with Crippen LogP contribution in [0.3, 0.4) is 0 Å². The molecule has 20 heavy (non-hydrogen) atoms. The molecule has 3 atom stereocenters. The van der Waals surface area contributed by atoms with Gasteiger partial charge in [-0.05, 0) is 0 Å². The Morgan fingerprint density at radius 3 is 2.95 bits per heavy atom. The molecule has 10 heteroatoms. The van der Waals surface area contributed by atoms with Crippen molar-refractivity contribution in [2.45, 2.75) is 24.9 Å². The third kappa shape index (κ3) is 2.81. The topological polar surface area (TPSA) is 157 Å². The van der Waals surface area contributed by atoms with Crippen molar-refractivity contribution in [1.29, 1.82) is 5.26 Å². The van der Waals surface area contributed by atoms with Crippen LogP contribution in [0.4, 0.5) is 5.82 Å². The van der Waals surface area contributed by atoms with Crippen molar-refractivity contribution in [3.63, 3.8) is 0 Å². The highest BCUT2D eigenvalue weighted by molar-refractivity contribution is 6.35. The van der Waals surface area contributed by atoms with Crippen molar-refractivity contribution in [3.8, 4) is 5.97 Å². The van der Waals surface area contributed by atoms with Gasteiger partial charge in [0.25, 0.3) is 0 Å². The molecule has 108 valence electrons. The third-order valence-electron chi connectivity index (χ3n) is 2.99. The fourth-order valence-electron chi connectivity index (χ4n) is 1.99. The lowest BCUT2D eigenvalue weighted by Crippen LogP contribution is -2.59. The summed E-state index contributed by atoms with van der Waals surface area (Å²) < 4.78 is 7.59. The van der Waals surface area contributed by atoms with E-state index in [-0.39, 0.29) is 24.3 Å². The van der Waals surface area contributed by atoms with E-state index in [4.69, 9.17) is 20.8 Å². The number of nitrogens with zero attached hydrogens (tertiary/aromatic N) is 3. The summed E-state index contributed by atoms with van der Waals surface area (Å²) in [6, 6.07) is 1.46. The number of nitrogens with two attached hydrogens (primary N) is 1. The van der Waals surface area contributed by atoms with Gasteiger partial charge in [0.1, 0.15) is 6.10 Å². The number of hydrogen-bond donors (Lipinski definition) is 3. The molecular weight excluding hydrogens is 267 g/mol. The van der Waals surface area contributed by atoms with Gasteiger partial charge in [-0.3, -0.25) is 5.26 Å². The quantitative estimate of drug-likeness (QED) is 0.488. The van der Waals surface area contributed by atoms with Gasteiger partial charge in [0, 0.05) is 19.9 Å². The van der Waals surface area contributed by atoms with Crippen molar-refractivity contribution in [2.24, 2.45) is 0 Å². The number of aliphatic hydroxyl groups excluding tert-OH is 2. The summed E-state index contributed by atoms with van der Waals surface area (Å²) in [5.74, 6) is 1.85. The molecule has 0 saturated carbocycles. The number of nitriles is 1. The lowest BCUT2D eigenvalue weighted by Gasteiger charge is -2.16. The standard InChI is InChI=1S/C10H12BN4O4.H2O/c12-5-11-15-8(13)1-2-14(10(15)18)9-3-6(17)7(4-16)19-9;/h1-2,6-7,9,16-17H,3-4H2,(H-,13,18);1H2/q-1;/p+1/t6-,7+,9+;/m0./s1. The molecule has 1 aliphatic heterocycles. The maximum atomic E-state index is 12.1. The van der Waals surface area contributed by atoms with E-state index in [0.29, 0.717) is 0 Å². The largest absolute Gasteiger partial charge is 0.435 e. The second kappa shape index (κ2) is 6.49. The minimum Gasteiger partial charge on any atom is -0.435 e. The van der Waals surface area contributed by atoms with E-state index in [2.05, 4.69) is 0 Å². The molecule has 0 aromatic carbocycles. The number of hydrogen-bond acceptors (Lipinski definition) is 6. The van der Waals surface area contributed by atoms with Gasteiger partial charge in [-0.2, -0.15) is 5.97 Å². The predicted molar refractivity (Wildman–Crippen MR) is 67.3 cm³/mol. The van der Waals surface area contributed by atoms with E-state index < -0.39 is 24.1 Å². The first-order valence-corrected chi connectivity index (χ1v) is 5.68. The van der Waals surface area contributed by atoms with Crippen molar-refractivity contribution in [3.05, 3.63) is 22.7 Å². The highest BCUT2D eigenvalue weighted by atomic mass is 16.5. The molecule has 0 unspecified atom stereocenters. The second-order valence-electron chi connectivity index (χ2n) is 4.17. The lowest BCUT2D eigenvalue weighted by atomic mass is 9.98. The Morgan fingerprint density at radius 2 is 2.40 bits per heavy atom. The van der Waals surface area contributed by atoms with E-state index in [9.17, 15) is 9.90 Å². The molecule has 2 heterocycles. The molecule has 0 amide bonds. The summed E-state index contributed by atoms with van der Waals surface area (Å²) in [4.78, 5) is 12.1. The maximum absolute atomic E-state index is 12.1. The molecule has 0 spiro atoms. The molecule has 1 aliphatic rings. The molecule has 9 nitrogen and oxygen atoms in total. The van der Waals surface area contributed by atoms with Gasteiger partial charge < -0.3 is 30.6 Å². The molecule has 1 saturated heterocycles. The molecular formula is C10H15BN4O5. The molecule has 1 aromatic rings. The van der Waals surface area contributed by atoms with E-state index in [0.717, 1.165) is 11.9 Å². The van der Waals surface area contributed by atoms with Crippen molar-refractivity contribution < 1.29 is 24.9 Å². The number of anilines is 1. The van der Waals surface area contributed by atoms with Crippen LogP contribution in [0, 0.1) is 11.2 Å². The van der Waals surface area contributed by atoms with Crippen molar-refractivity contribution in [2.75, 3.05) is 12.3 Å². The second-order valence-corrected chi connectivity index (χ2v) is 4.17. The fraction of sp³-hybridized carbons (Fsp3) is 0.500. The Morgan fingerprint density at radius 1 is 1.70 bits per heavy atom. The third-order valence-corrected chi connectivity index (χ3v) is 2.99. The molecule has 2 rings (SSSR count). The molecule has 1 aromatic heterocycles. The van der Waals surface area contributed by atoms with Gasteiger partial charge in [0.15, 0.2) is 12.0 Å². The van der Waals surface area contributed by atoms with Crippen LogP contribution >= 0.6 is 0 Å². The Kier molecular flexibility index (Phi) is 5.23. The number of aromatic nitrogens is 2. The van der Waals surface area contributed by atoms with Crippen LogP contribution in [0.15, 0.2) is 17.1 Å². The van der Waals surface area contributed by atoms with Crippen molar-refractivity contribution in [1.82, 2.24) is 4.57 Å². The highest BCUT2D eigenvalue weighted by Crippen LogP contribution is 2.27. The zero-order valence-electron chi connectivity index (χ0n) is 10.5. The lowest BCUT2D eigenvalue weighted by molar-refractivity contribution is -0.535. The summed E-state index contributed by atoms with van der Waals surface area (Å²) in [7, 11) is 0.989. The van der Waals surface area contributed by atoms with Gasteiger partial charge in [0.2, 0.25) is 0 Å². The number of aliphatic hydroxyl groups is 2. The monoisotopic (exact) mass is 282 g/mol. The summed E-state index contributed by atoms with van der Waals surface area (Å²) in [6.07, 6.45) is -0.646. The minimum atomic E-state index is -0.840. The zero-order chi connectivity index (χ0) is 14.0. The Hall–Kier alpha value is -1.93. The number of ether oxygens (including phenoxy) is 1. The van der Waals surface area contributed by atoms with Crippen LogP contribution < -0.4 is 15.9 Å². The normalized spacial score (nSPS) is 24.9. The summed E-state index contributed by atoms with van der Waals surface area (Å²) in [6.45, 7) is -0.328. The van der Waals surface area contributed by atoms with Crippen LogP contribution in [-0.4, -0.2) is 46.5 Å². The Labute approximate surface area is 115 Å². The van der Waals surface area contributed by atoms with Crippen LogP contribution in [-0.2, 0) is 4.74 Å². The number of rotatable bonds is 3. The van der Waals surface area contributed by atoms with Crippen LogP contribution in [0.5, 0.6) is 0 Å². The van der Waals surface area contributed by atoms with Crippen molar-refractivity contribution >= 4 is 13.2 Å².